The SMILES string of the molecule is CN(C)CCCOc1ccc(NC(=O)C2CCCC2)cc1. The molecule has 4 nitrogen and oxygen atoms in total. The average Bonchev–Trinajstić information content (AvgIpc) is 2.99. The predicted octanol–water partition coefficient (Wildman–Crippen LogP) is 3.15. The van der Waals surface area contributed by atoms with E-state index < -0.39 is 0 Å². The van der Waals surface area contributed by atoms with Crippen molar-refractivity contribution in [1.29, 1.82) is 0 Å². The molecule has 116 valence electrons. The maximum atomic E-state index is 12.0. The van der Waals surface area contributed by atoms with Crippen LogP contribution in [0.3, 0.4) is 0 Å². The van der Waals surface area contributed by atoms with Crippen molar-refractivity contribution in [2.45, 2.75) is 32.1 Å². The van der Waals surface area contributed by atoms with Gasteiger partial charge in [-0.15, -0.1) is 0 Å². The van der Waals surface area contributed by atoms with Gasteiger partial charge in [-0.1, -0.05) is 12.8 Å². The second kappa shape index (κ2) is 8.03. The van der Waals surface area contributed by atoms with Crippen LogP contribution in [-0.2, 0) is 4.79 Å². The quantitative estimate of drug-likeness (QED) is 0.784. The molecule has 0 heterocycles. The molecule has 0 spiro atoms. The number of nitrogens with zero attached hydrogens (tertiary/aromatic N) is 1. The van der Waals surface area contributed by atoms with E-state index in [1.165, 1.54) is 12.8 Å². The Morgan fingerprint density at radius 2 is 1.90 bits per heavy atom. The van der Waals surface area contributed by atoms with Crippen LogP contribution >= 0.6 is 0 Å². The molecule has 1 aromatic rings. The molecule has 21 heavy (non-hydrogen) atoms. The number of hydrogen-bond acceptors (Lipinski definition) is 3. The Labute approximate surface area is 127 Å². The van der Waals surface area contributed by atoms with Gasteiger partial charge in [0.25, 0.3) is 0 Å². The molecule has 4 heteroatoms. The van der Waals surface area contributed by atoms with Crippen molar-refractivity contribution in [3.8, 4) is 5.75 Å². The first-order chi connectivity index (χ1) is 10.1. The van der Waals surface area contributed by atoms with Crippen LogP contribution in [0.15, 0.2) is 24.3 Å². The number of ether oxygens (including phenoxy) is 1. The van der Waals surface area contributed by atoms with Crippen molar-refractivity contribution in [2.75, 3.05) is 32.6 Å². The normalized spacial score (nSPS) is 15.4. The highest BCUT2D eigenvalue weighted by molar-refractivity contribution is 5.92. The molecule has 1 aromatic carbocycles. The van der Waals surface area contributed by atoms with E-state index in [9.17, 15) is 4.79 Å². The maximum absolute atomic E-state index is 12.0. The fraction of sp³-hybridized carbons (Fsp3) is 0.588. The van der Waals surface area contributed by atoms with E-state index in [1.54, 1.807) is 0 Å². The topological polar surface area (TPSA) is 41.6 Å². The van der Waals surface area contributed by atoms with Gasteiger partial charge in [0.05, 0.1) is 6.61 Å². The van der Waals surface area contributed by atoms with E-state index in [0.717, 1.165) is 37.2 Å². The molecule has 0 unspecified atom stereocenters. The highest BCUT2D eigenvalue weighted by atomic mass is 16.5. The summed E-state index contributed by atoms with van der Waals surface area (Å²) in [6.45, 7) is 1.74. The Hall–Kier alpha value is -1.55. The van der Waals surface area contributed by atoms with Crippen molar-refractivity contribution in [3.63, 3.8) is 0 Å². The average molecular weight is 290 g/mol. The second-order valence-electron chi connectivity index (χ2n) is 6.00. The highest BCUT2D eigenvalue weighted by Gasteiger charge is 2.22. The van der Waals surface area contributed by atoms with Gasteiger partial charge in [-0.05, 0) is 57.6 Å². The van der Waals surface area contributed by atoms with Gasteiger partial charge in [0.15, 0.2) is 0 Å². The lowest BCUT2D eigenvalue weighted by Crippen LogP contribution is -2.20. The molecule has 1 amide bonds. The molecule has 1 aliphatic rings. The minimum absolute atomic E-state index is 0.159. The molecule has 0 radical (unpaired) electrons. The summed E-state index contributed by atoms with van der Waals surface area (Å²) in [5, 5.41) is 2.99. The molecule has 1 N–H and O–H groups in total. The zero-order valence-electron chi connectivity index (χ0n) is 13.1. The van der Waals surface area contributed by atoms with Gasteiger partial charge in [-0.25, -0.2) is 0 Å². The molecule has 0 atom stereocenters. The molecule has 0 aromatic heterocycles. The molecular formula is C17H26N2O2. The van der Waals surface area contributed by atoms with Crippen LogP contribution in [0, 0.1) is 5.92 Å². The van der Waals surface area contributed by atoms with Gasteiger partial charge < -0.3 is 15.0 Å². The number of nitrogens with one attached hydrogen (secondary N) is 1. The van der Waals surface area contributed by atoms with Crippen LogP contribution in [0.1, 0.15) is 32.1 Å². The van der Waals surface area contributed by atoms with Gasteiger partial charge in [0, 0.05) is 18.2 Å². The van der Waals surface area contributed by atoms with Gasteiger partial charge in [0.2, 0.25) is 5.91 Å². The number of rotatable bonds is 7. The lowest BCUT2D eigenvalue weighted by Gasteiger charge is -2.12. The highest BCUT2D eigenvalue weighted by Crippen LogP contribution is 2.26. The number of amides is 1. The zero-order chi connectivity index (χ0) is 15.1. The molecule has 1 saturated carbocycles. The lowest BCUT2D eigenvalue weighted by molar-refractivity contribution is -0.119. The Balaban J connectivity index is 1.74. The van der Waals surface area contributed by atoms with Crippen molar-refractivity contribution in [1.82, 2.24) is 4.90 Å². The summed E-state index contributed by atoms with van der Waals surface area (Å²) in [5.41, 5.74) is 0.854. The van der Waals surface area contributed by atoms with Gasteiger partial charge in [-0.3, -0.25) is 4.79 Å². The van der Waals surface area contributed by atoms with Crippen molar-refractivity contribution < 1.29 is 9.53 Å². The first-order valence-electron chi connectivity index (χ1n) is 7.83. The zero-order valence-corrected chi connectivity index (χ0v) is 13.1. The van der Waals surface area contributed by atoms with E-state index in [-0.39, 0.29) is 11.8 Å². The fourth-order valence-corrected chi connectivity index (χ4v) is 2.64. The Morgan fingerprint density at radius 1 is 1.24 bits per heavy atom. The minimum Gasteiger partial charge on any atom is -0.494 e. The first-order valence-corrected chi connectivity index (χ1v) is 7.83. The minimum atomic E-state index is 0.159. The summed E-state index contributed by atoms with van der Waals surface area (Å²) in [5.74, 6) is 1.21. The summed E-state index contributed by atoms with van der Waals surface area (Å²) < 4.78 is 5.68. The first kappa shape index (κ1) is 15.8. The number of carbonyl (C=O) groups is 1. The van der Waals surface area contributed by atoms with Crippen molar-refractivity contribution in [3.05, 3.63) is 24.3 Å². The van der Waals surface area contributed by atoms with E-state index >= 15 is 0 Å². The largest absolute Gasteiger partial charge is 0.494 e. The van der Waals surface area contributed by atoms with E-state index in [0.29, 0.717) is 6.61 Å². The molecule has 0 saturated heterocycles. The standard InChI is InChI=1S/C17H26N2O2/c1-19(2)12-5-13-21-16-10-8-15(9-11-16)18-17(20)14-6-3-4-7-14/h8-11,14H,3-7,12-13H2,1-2H3,(H,18,20). The van der Waals surface area contributed by atoms with Crippen LogP contribution in [0.5, 0.6) is 5.75 Å². The summed E-state index contributed by atoms with van der Waals surface area (Å²) in [6, 6.07) is 7.65. The Kier molecular flexibility index (Phi) is 6.05. The van der Waals surface area contributed by atoms with Crippen LogP contribution in [-0.4, -0.2) is 38.1 Å². The van der Waals surface area contributed by atoms with E-state index in [4.69, 9.17) is 4.74 Å². The number of benzene rings is 1. The van der Waals surface area contributed by atoms with Gasteiger partial charge >= 0.3 is 0 Å². The fourth-order valence-electron chi connectivity index (χ4n) is 2.64. The molecule has 0 bridgehead atoms. The van der Waals surface area contributed by atoms with Crippen molar-refractivity contribution in [2.24, 2.45) is 5.92 Å². The third kappa shape index (κ3) is 5.38. The molecule has 1 fully saturated rings. The summed E-state index contributed by atoms with van der Waals surface area (Å²) >= 11 is 0. The second-order valence-corrected chi connectivity index (χ2v) is 6.00. The molecule has 1 aliphatic carbocycles. The van der Waals surface area contributed by atoms with Crippen LogP contribution in [0.2, 0.25) is 0 Å². The lowest BCUT2D eigenvalue weighted by atomic mass is 10.1. The third-order valence-electron chi connectivity index (χ3n) is 3.87. The Morgan fingerprint density at radius 3 is 2.52 bits per heavy atom. The maximum Gasteiger partial charge on any atom is 0.227 e. The summed E-state index contributed by atoms with van der Waals surface area (Å²) in [4.78, 5) is 14.2. The Bertz CT molecular complexity index is 437. The van der Waals surface area contributed by atoms with Crippen molar-refractivity contribution >= 4 is 11.6 Å². The predicted molar refractivity (Wildman–Crippen MR) is 85.7 cm³/mol. The van der Waals surface area contributed by atoms with Crippen LogP contribution < -0.4 is 10.1 Å². The molecule has 2 rings (SSSR count). The van der Waals surface area contributed by atoms with Crippen LogP contribution in [0.4, 0.5) is 5.69 Å². The summed E-state index contributed by atoms with van der Waals surface area (Å²) in [7, 11) is 4.11. The summed E-state index contributed by atoms with van der Waals surface area (Å²) in [6.07, 6.45) is 5.42. The van der Waals surface area contributed by atoms with Crippen LogP contribution in [0.25, 0.3) is 0 Å². The van der Waals surface area contributed by atoms with E-state index in [1.807, 2.05) is 24.3 Å². The molecule has 0 aliphatic heterocycles. The smallest absolute Gasteiger partial charge is 0.227 e. The van der Waals surface area contributed by atoms with Gasteiger partial charge in [-0.2, -0.15) is 0 Å². The number of hydrogen-bond donors (Lipinski definition) is 1. The van der Waals surface area contributed by atoms with Gasteiger partial charge in [0.1, 0.15) is 5.75 Å². The monoisotopic (exact) mass is 290 g/mol. The van der Waals surface area contributed by atoms with E-state index in [2.05, 4.69) is 24.3 Å². The number of anilines is 1. The third-order valence-corrected chi connectivity index (χ3v) is 3.87. The number of carbonyl (C=O) groups excluding carboxylic acids is 1. The molecular weight excluding hydrogens is 264 g/mol.